The average Bonchev–Trinajstić information content (AvgIpc) is 2.94. The van der Waals surface area contributed by atoms with Gasteiger partial charge in [0, 0.05) is 18.8 Å². The van der Waals surface area contributed by atoms with E-state index in [1.807, 2.05) is 6.20 Å². The summed E-state index contributed by atoms with van der Waals surface area (Å²) in [6.07, 6.45) is 4.76. The van der Waals surface area contributed by atoms with E-state index in [9.17, 15) is 0 Å². The minimum atomic E-state index is 0.213. The van der Waals surface area contributed by atoms with Crippen LogP contribution in [0.3, 0.4) is 0 Å². The number of aromatic nitrogens is 3. The summed E-state index contributed by atoms with van der Waals surface area (Å²) in [6, 6.07) is 14.3. The average molecular weight is 249 g/mol. The summed E-state index contributed by atoms with van der Waals surface area (Å²) in [6.45, 7) is 0.998. The van der Waals surface area contributed by atoms with Crippen molar-refractivity contribution < 1.29 is 0 Å². The Bertz CT molecular complexity index is 732. The number of hydrogen-bond acceptors (Lipinski definition) is 3. The third kappa shape index (κ3) is 1.72. The van der Waals surface area contributed by atoms with E-state index in [1.165, 1.54) is 11.1 Å². The molecule has 3 aromatic rings. The lowest BCUT2D eigenvalue weighted by Crippen LogP contribution is -2.30. The molecule has 4 nitrogen and oxygen atoms in total. The molecule has 0 aliphatic carbocycles. The van der Waals surface area contributed by atoms with Crippen molar-refractivity contribution in [1.29, 1.82) is 0 Å². The van der Waals surface area contributed by atoms with Gasteiger partial charge < -0.3 is 5.32 Å². The normalized spacial score (nSPS) is 18.4. The Labute approximate surface area is 111 Å². The van der Waals surface area contributed by atoms with Gasteiger partial charge >= 0.3 is 0 Å². The zero-order chi connectivity index (χ0) is 12.7. The number of nitrogens with zero attached hydrogens (tertiary/aromatic N) is 3. The Hall–Kier alpha value is -2.20. The van der Waals surface area contributed by atoms with Crippen molar-refractivity contribution in [1.82, 2.24) is 20.1 Å². The van der Waals surface area contributed by atoms with Gasteiger partial charge in [-0.25, -0.2) is 4.52 Å². The maximum absolute atomic E-state index is 3.96. The monoisotopic (exact) mass is 249 g/mol. The van der Waals surface area contributed by atoms with E-state index in [4.69, 9.17) is 0 Å². The Morgan fingerprint density at radius 3 is 3.21 bits per heavy atom. The maximum Gasteiger partial charge on any atom is 0.0947 e. The molecule has 0 fully saturated rings. The number of nitrogens with one attached hydrogen (secondary N) is 1. The number of fused-ring (bicyclic) bond motifs is 2. The van der Waals surface area contributed by atoms with Crippen molar-refractivity contribution >= 4 is 5.52 Å². The van der Waals surface area contributed by atoms with Gasteiger partial charge in [-0.05, 0) is 29.2 Å². The van der Waals surface area contributed by atoms with Gasteiger partial charge in [-0.15, -0.1) is 5.10 Å². The van der Waals surface area contributed by atoms with E-state index < -0.39 is 0 Å². The first-order valence-corrected chi connectivity index (χ1v) is 6.45. The molecule has 0 saturated carbocycles. The highest BCUT2D eigenvalue weighted by atomic mass is 15.4. The van der Waals surface area contributed by atoms with Crippen LogP contribution in [0.2, 0.25) is 0 Å². The number of benzene rings is 1. The van der Waals surface area contributed by atoms with Crippen molar-refractivity contribution in [2.24, 2.45) is 0 Å². The largest absolute Gasteiger partial charge is 0.306 e. The summed E-state index contributed by atoms with van der Waals surface area (Å²) in [5, 5.41) is 11.4. The molecule has 1 N–H and O–H groups in total. The van der Waals surface area contributed by atoms with Crippen molar-refractivity contribution in [2.75, 3.05) is 6.54 Å². The van der Waals surface area contributed by atoms with Crippen LogP contribution in [0.1, 0.15) is 22.7 Å². The molecule has 93 valence electrons. The molecule has 19 heavy (non-hydrogen) atoms. The molecule has 0 amide bonds. The van der Waals surface area contributed by atoms with Crippen molar-refractivity contribution in [3.05, 3.63) is 65.5 Å². The van der Waals surface area contributed by atoms with E-state index in [2.05, 4.69) is 52.0 Å². The number of pyridine rings is 1. The van der Waals surface area contributed by atoms with Gasteiger partial charge in [0.1, 0.15) is 0 Å². The van der Waals surface area contributed by atoms with Crippen LogP contribution in [0.4, 0.5) is 0 Å². The molecule has 1 aliphatic heterocycles. The fourth-order valence-electron chi connectivity index (χ4n) is 2.73. The lowest BCUT2D eigenvalue weighted by atomic mass is 9.90. The Balaban J connectivity index is 1.84. The summed E-state index contributed by atoms with van der Waals surface area (Å²) < 4.78 is 1.73. The zero-order valence-electron chi connectivity index (χ0n) is 10.4. The molecule has 0 bridgehead atoms. The highest BCUT2D eigenvalue weighted by molar-refractivity contribution is 5.48. The van der Waals surface area contributed by atoms with Gasteiger partial charge in [0.25, 0.3) is 0 Å². The zero-order valence-corrected chi connectivity index (χ0v) is 10.4. The van der Waals surface area contributed by atoms with Crippen molar-refractivity contribution in [2.45, 2.75) is 12.5 Å². The van der Waals surface area contributed by atoms with Crippen LogP contribution >= 0.6 is 0 Å². The molecule has 1 radical (unpaired) electrons. The van der Waals surface area contributed by atoms with E-state index in [0.717, 1.165) is 24.0 Å². The Kier molecular flexibility index (Phi) is 2.35. The predicted octanol–water partition coefficient (Wildman–Crippen LogP) is 1.76. The van der Waals surface area contributed by atoms with Gasteiger partial charge in [-0.1, -0.05) is 29.5 Å². The van der Waals surface area contributed by atoms with Crippen LogP contribution in [-0.4, -0.2) is 21.4 Å². The molecule has 0 saturated heterocycles. The molecule has 4 rings (SSSR count). The second kappa shape index (κ2) is 4.17. The minimum absolute atomic E-state index is 0.213. The fourth-order valence-corrected chi connectivity index (χ4v) is 2.73. The molecule has 1 aromatic carbocycles. The lowest BCUT2D eigenvalue weighted by molar-refractivity contribution is 0.567. The second-order valence-electron chi connectivity index (χ2n) is 4.80. The number of rotatable bonds is 1. The summed E-state index contributed by atoms with van der Waals surface area (Å²) in [7, 11) is 0. The first-order chi connectivity index (χ1) is 9.42. The highest BCUT2D eigenvalue weighted by Crippen LogP contribution is 2.28. The summed E-state index contributed by atoms with van der Waals surface area (Å²) >= 11 is 0. The van der Waals surface area contributed by atoms with Crippen LogP contribution in [0.5, 0.6) is 0 Å². The fraction of sp³-hybridized carbons (Fsp3) is 0.200. The van der Waals surface area contributed by atoms with Crippen LogP contribution in [0, 0.1) is 6.07 Å². The van der Waals surface area contributed by atoms with Crippen LogP contribution < -0.4 is 5.32 Å². The third-order valence-electron chi connectivity index (χ3n) is 3.66. The van der Waals surface area contributed by atoms with Crippen LogP contribution in [-0.2, 0) is 6.42 Å². The molecule has 3 heterocycles. The van der Waals surface area contributed by atoms with E-state index in [0.29, 0.717) is 0 Å². The number of hydrogen-bond donors (Lipinski definition) is 1. The second-order valence-corrected chi connectivity index (χ2v) is 4.80. The molecule has 1 unspecified atom stereocenters. The van der Waals surface area contributed by atoms with E-state index >= 15 is 0 Å². The topological polar surface area (TPSA) is 42.2 Å². The summed E-state index contributed by atoms with van der Waals surface area (Å²) in [5.74, 6) is 0. The van der Waals surface area contributed by atoms with Crippen LogP contribution in [0.25, 0.3) is 5.52 Å². The quantitative estimate of drug-likeness (QED) is 0.714. The smallest absolute Gasteiger partial charge is 0.0947 e. The highest BCUT2D eigenvalue weighted by Gasteiger charge is 2.21. The Morgan fingerprint density at radius 1 is 1.26 bits per heavy atom. The van der Waals surface area contributed by atoms with Crippen molar-refractivity contribution in [3.8, 4) is 0 Å². The molecule has 4 heteroatoms. The van der Waals surface area contributed by atoms with Gasteiger partial charge in [-0.3, -0.25) is 0 Å². The van der Waals surface area contributed by atoms with Gasteiger partial charge in [0.15, 0.2) is 0 Å². The SMILES string of the molecule is [c]1c(C2NCCc3ccccc32)ccn2nncc12. The van der Waals surface area contributed by atoms with E-state index in [-0.39, 0.29) is 6.04 Å². The first-order valence-electron chi connectivity index (χ1n) is 6.45. The molecule has 2 aromatic heterocycles. The molecular weight excluding hydrogens is 236 g/mol. The third-order valence-corrected chi connectivity index (χ3v) is 3.66. The first kappa shape index (κ1) is 10.7. The van der Waals surface area contributed by atoms with Gasteiger partial charge in [0.2, 0.25) is 0 Å². The summed E-state index contributed by atoms with van der Waals surface area (Å²) in [4.78, 5) is 0. The summed E-state index contributed by atoms with van der Waals surface area (Å²) in [5.41, 5.74) is 4.82. The van der Waals surface area contributed by atoms with Gasteiger partial charge in [0.05, 0.1) is 17.8 Å². The molecule has 0 spiro atoms. The Morgan fingerprint density at radius 2 is 2.21 bits per heavy atom. The standard InChI is InChI=1S/C15H13N4/c1-2-4-14-11(3-1)5-7-16-15(14)12-6-8-19-13(9-12)10-17-18-19/h1-4,6,8,10,15-16H,5,7H2. The van der Waals surface area contributed by atoms with Crippen LogP contribution in [0.15, 0.2) is 42.7 Å². The molecule has 1 aliphatic rings. The van der Waals surface area contributed by atoms with E-state index in [1.54, 1.807) is 10.7 Å². The maximum atomic E-state index is 3.96. The predicted molar refractivity (Wildman–Crippen MR) is 71.8 cm³/mol. The van der Waals surface area contributed by atoms with Crippen molar-refractivity contribution in [3.63, 3.8) is 0 Å². The molecule has 1 atom stereocenters. The van der Waals surface area contributed by atoms with Gasteiger partial charge in [-0.2, -0.15) is 0 Å². The lowest BCUT2D eigenvalue weighted by Gasteiger charge is -2.27. The minimum Gasteiger partial charge on any atom is -0.306 e. The molecular formula is C15H13N4.